The van der Waals surface area contributed by atoms with Crippen LogP contribution in [-0.4, -0.2) is 49.7 Å². The molecule has 4 nitrogen and oxygen atoms in total. The third kappa shape index (κ3) is 3.82. The van der Waals surface area contributed by atoms with Gasteiger partial charge in [0.1, 0.15) is 6.10 Å². The average Bonchev–Trinajstić information content (AvgIpc) is 3.01. The molecule has 0 radical (unpaired) electrons. The summed E-state index contributed by atoms with van der Waals surface area (Å²) in [7, 11) is 0. The first-order chi connectivity index (χ1) is 14.8. The minimum Gasteiger partial charge on any atom is -0.462 e. The lowest BCUT2D eigenvalue weighted by Crippen LogP contribution is -2.50. The molecule has 2 aliphatic heterocycles. The summed E-state index contributed by atoms with van der Waals surface area (Å²) in [4.78, 5) is 17.9. The van der Waals surface area contributed by atoms with Crippen LogP contribution in [0.3, 0.4) is 0 Å². The smallest absolute Gasteiger partial charge is 0.310 e. The van der Waals surface area contributed by atoms with Crippen molar-refractivity contribution in [2.24, 2.45) is 23.2 Å². The molecule has 0 spiro atoms. The summed E-state index contributed by atoms with van der Waals surface area (Å²) in [6.45, 7) is 16.1. The summed E-state index contributed by atoms with van der Waals surface area (Å²) in [5, 5.41) is 0. The van der Waals surface area contributed by atoms with Crippen molar-refractivity contribution >= 4 is 11.7 Å². The van der Waals surface area contributed by atoms with Gasteiger partial charge >= 0.3 is 5.97 Å². The quantitative estimate of drug-likeness (QED) is 0.520. The van der Waals surface area contributed by atoms with Crippen LogP contribution < -0.4 is 4.90 Å². The highest BCUT2D eigenvalue weighted by atomic mass is 16.6. The highest BCUT2D eigenvalue weighted by Gasteiger charge is 2.55. The van der Waals surface area contributed by atoms with Crippen LogP contribution in [0.25, 0.3) is 0 Å². The van der Waals surface area contributed by atoms with Gasteiger partial charge in [0, 0.05) is 44.3 Å². The molecule has 1 aromatic rings. The third-order valence-electron chi connectivity index (χ3n) is 8.84. The van der Waals surface area contributed by atoms with Gasteiger partial charge < -0.3 is 9.64 Å². The lowest BCUT2D eigenvalue weighted by molar-refractivity contribution is -0.146. The van der Waals surface area contributed by atoms with Gasteiger partial charge in [-0.2, -0.15) is 0 Å². The number of nitrogens with zero attached hydrogens (tertiary/aromatic N) is 2. The van der Waals surface area contributed by atoms with Crippen LogP contribution in [0.1, 0.15) is 50.2 Å². The number of esters is 1. The van der Waals surface area contributed by atoms with Crippen LogP contribution in [0.2, 0.25) is 0 Å². The molecule has 4 fully saturated rings. The molecular weight excluding hydrogens is 384 g/mol. The maximum atomic E-state index is 12.9. The lowest BCUT2D eigenvalue weighted by atomic mass is 9.55. The molecule has 4 heteroatoms. The fourth-order valence-corrected chi connectivity index (χ4v) is 7.07. The van der Waals surface area contributed by atoms with Crippen molar-refractivity contribution in [2.75, 3.05) is 37.6 Å². The Labute approximate surface area is 187 Å². The topological polar surface area (TPSA) is 32.8 Å². The molecule has 0 unspecified atom stereocenters. The van der Waals surface area contributed by atoms with E-state index in [9.17, 15) is 4.79 Å². The van der Waals surface area contributed by atoms with Crippen LogP contribution in [0.15, 0.2) is 30.4 Å². The Balaban J connectivity index is 1.23. The van der Waals surface area contributed by atoms with Crippen molar-refractivity contribution in [1.82, 2.24) is 4.90 Å². The Morgan fingerprint density at radius 1 is 1.19 bits per heavy atom. The number of piperazine rings is 1. The molecule has 2 aliphatic carbocycles. The second kappa shape index (κ2) is 7.95. The van der Waals surface area contributed by atoms with Crippen LogP contribution >= 0.6 is 0 Å². The number of ether oxygens (including phenoxy) is 1. The fraction of sp³-hybridized carbons (Fsp3) is 0.667. The minimum absolute atomic E-state index is 0.0388. The van der Waals surface area contributed by atoms with Crippen LogP contribution in [0, 0.1) is 37.0 Å². The number of hydrogen-bond donors (Lipinski definition) is 0. The largest absolute Gasteiger partial charge is 0.462 e. The molecular formula is C27H38N2O2. The van der Waals surface area contributed by atoms with E-state index in [4.69, 9.17) is 4.74 Å². The van der Waals surface area contributed by atoms with Crippen molar-refractivity contribution in [1.29, 1.82) is 0 Å². The summed E-state index contributed by atoms with van der Waals surface area (Å²) in [5.41, 5.74) is 5.73. The highest BCUT2D eigenvalue weighted by Crippen LogP contribution is 2.56. The van der Waals surface area contributed by atoms with E-state index in [0.29, 0.717) is 11.8 Å². The molecule has 0 amide bonds. The number of hydrogen-bond acceptors (Lipinski definition) is 4. The number of benzene rings is 1. The van der Waals surface area contributed by atoms with E-state index in [1.807, 2.05) is 0 Å². The van der Waals surface area contributed by atoms with Gasteiger partial charge in [0.2, 0.25) is 0 Å². The van der Waals surface area contributed by atoms with Gasteiger partial charge in [-0.05, 0) is 68.9 Å². The lowest BCUT2D eigenvalue weighted by Gasteiger charge is -2.50. The summed E-state index contributed by atoms with van der Waals surface area (Å²) in [6.07, 6.45) is 5.91. The van der Waals surface area contributed by atoms with Crippen LogP contribution in [-0.2, 0) is 9.53 Å². The molecule has 0 N–H and O–H groups in total. The van der Waals surface area contributed by atoms with E-state index in [1.54, 1.807) is 0 Å². The first-order valence-electron chi connectivity index (χ1n) is 12.3. The summed E-state index contributed by atoms with van der Waals surface area (Å²) in [6, 6.07) is 6.74. The second-order valence-corrected chi connectivity index (χ2v) is 11.0. The van der Waals surface area contributed by atoms with Crippen molar-refractivity contribution in [3.63, 3.8) is 0 Å². The van der Waals surface area contributed by atoms with Crippen molar-refractivity contribution in [3.8, 4) is 0 Å². The predicted molar refractivity (Wildman–Crippen MR) is 125 cm³/mol. The molecule has 31 heavy (non-hydrogen) atoms. The number of anilines is 1. The van der Waals surface area contributed by atoms with Gasteiger partial charge in [-0.3, -0.25) is 9.69 Å². The number of carbonyl (C=O) groups excluding carboxylic acids is 1. The maximum absolute atomic E-state index is 12.9. The molecule has 0 bridgehead atoms. The summed E-state index contributed by atoms with van der Waals surface area (Å²) >= 11 is 0. The molecule has 2 saturated heterocycles. The standard InChI is InChI=1S/C27H38N2O2/c1-18-7-8-24(20(3)14-18)29-12-10-28(11-13-29)17-22-21-15-23-19(2)6-5-9-27(23,4)16-25(21)31-26(22)30/h7-8,14,21-23,25H,2,5-6,9-13,15-17H2,1,3-4H3/t21-,22-,23+,25-,27-/m1/s1. The molecule has 0 aromatic heterocycles. The zero-order chi connectivity index (χ0) is 21.8. The minimum atomic E-state index is 0.0388. The van der Waals surface area contributed by atoms with Crippen molar-refractivity contribution in [2.45, 2.75) is 59.0 Å². The van der Waals surface area contributed by atoms with Gasteiger partial charge in [0.15, 0.2) is 0 Å². The Morgan fingerprint density at radius 2 is 1.97 bits per heavy atom. The zero-order valence-corrected chi connectivity index (χ0v) is 19.5. The predicted octanol–water partition coefficient (Wildman–Crippen LogP) is 4.74. The molecule has 4 aliphatic rings. The Bertz CT molecular complexity index is 872. The summed E-state index contributed by atoms with van der Waals surface area (Å²) in [5.74, 6) is 1.04. The van der Waals surface area contributed by atoms with Gasteiger partial charge in [-0.1, -0.05) is 36.8 Å². The summed E-state index contributed by atoms with van der Waals surface area (Å²) < 4.78 is 5.98. The Kier molecular flexibility index (Phi) is 5.40. The van der Waals surface area contributed by atoms with E-state index in [1.165, 1.54) is 35.2 Å². The van der Waals surface area contributed by atoms with E-state index < -0.39 is 0 Å². The molecule has 5 rings (SSSR count). The maximum Gasteiger partial charge on any atom is 0.310 e. The zero-order valence-electron chi connectivity index (χ0n) is 19.5. The number of carbonyl (C=O) groups is 1. The van der Waals surface area contributed by atoms with E-state index >= 15 is 0 Å². The van der Waals surface area contributed by atoms with Crippen LogP contribution in [0.4, 0.5) is 5.69 Å². The van der Waals surface area contributed by atoms with E-state index in [0.717, 1.165) is 52.0 Å². The van der Waals surface area contributed by atoms with E-state index in [2.05, 4.69) is 55.3 Å². The third-order valence-corrected chi connectivity index (χ3v) is 8.84. The van der Waals surface area contributed by atoms with Gasteiger partial charge in [0.05, 0.1) is 5.92 Å². The van der Waals surface area contributed by atoms with Gasteiger partial charge in [0.25, 0.3) is 0 Å². The Hall–Kier alpha value is -1.81. The first-order valence-corrected chi connectivity index (χ1v) is 12.3. The van der Waals surface area contributed by atoms with Crippen molar-refractivity contribution < 1.29 is 9.53 Å². The molecule has 2 saturated carbocycles. The SMILES string of the molecule is C=C1CCC[C@]2(C)C[C@H]3OC(=O)[C@H](CN4CCN(c5ccc(C)cc5C)CC4)[C@H]3C[C@@H]12. The van der Waals surface area contributed by atoms with E-state index in [-0.39, 0.29) is 23.4 Å². The number of rotatable bonds is 3. The average molecular weight is 423 g/mol. The van der Waals surface area contributed by atoms with Crippen LogP contribution in [0.5, 0.6) is 0 Å². The number of fused-ring (bicyclic) bond motifs is 2. The molecule has 1 aromatic carbocycles. The monoisotopic (exact) mass is 422 g/mol. The molecule has 2 heterocycles. The van der Waals surface area contributed by atoms with Gasteiger partial charge in [-0.25, -0.2) is 0 Å². The highest BCUT2D eigenvalue weighted by molar-refractivity contribution is 5.75. The molecule has 168 valence electrons. The number of allylic oxidation sites excluding steroid dienone is 1. The first kappa shape index (κ1) is 21.1. The number of aryl methyl sites for hydroxylation is 2. The second-order valence-electron chi connectivity index (χ2n) is 11.0. The van der Waals surface area contributed by atoms with Crippen molar-refractivity contribution in [3.05, 3.63) is 41.5 Å². The normalized spacial score (nSPS) is 36.2. The Morgan fingerprint density at radius 3 is 2.71 bits per heavy atom. The van der Waals surface area contributed by atoms with Gasteiger partial charge in [-0.15, -0.1) is 0 Å². The molecule has 5 atom stereocenters. The fourth-order valence-electron chi connectivity index (χ4n) is 7.07.